The summed E-state index contributed by atoms with van der Waals surface area (Å²) in [5.74, 6) is 0.505. The molecule has 2 nitrogen and oxygen atoms in total. The van der Waals surface area contributed by atoms with Crippen molar-refractivity contribution in [3.63, 3.8) is 0 Å². The van der Waals surface area contributed by atoms with E-state index in [0.717, 1.165) is 19.3 Å². The Morgan fingerprint density at radius 1 is 0.492 bits per heavy atom. The van der Waals surface area contributed by atoms with E-state index in [-0.39, 0.29) is 5.41 Å². The lowest BCUT2D eigenvalue weighted by atomic mass is 9.76. The van der Waals surface area contributed by atoms with E-state index >= 15 is 0 Å². The van der Waals surface area contributed by atoms with Crippen molar-refractivity contribution in [2.75, 3.05) is 9.80 Å². The first-order valence-corrected chi connectivity index (χ1v) is 21.9. The maximum Gasteiger partial charge on any atom is 0.0588 e. The molecule has 2 atom stereocenters. The molecular formula is C57H48N2. The number of hydrogen-bond donors (Lipinski definition) is 0. The predicted molar refractivity (Wildman–Crippen MR) is 249 cm³/mol. The van der Waals surface area contributed by atoms with Gasteiger partial charge in [0.2, 0.25) is 0 Å². The monoisotopic (exact) mass is 760 g/mol. The summed E-state index contributed by atoms with van der Waals surface area (Å²) in [5, 5.41) is 2.55. The van der Waals surface area contributed by atoms with Crippen molar-refractivity contribution in [1.82, 2.24) is 0 Å². The quantitative estimate of drug-likeness (QED) is 0.165. The van der Waals surface area contributed by atoms with Gasteiger partial charge in [-0.1, -0.05) is 146 Å². The van der Waals surface area contributed by atoms with Crippen molar-refractivity contribution >= 4 is 51.4 Å². The summed E-state index contributed by atoms with van der Waals surface area (Å²) in [5.41, 5.74) is 19.2. The first-order chi connectivity index (χ1) is 29.2. The van der Waals surface area contributed by atoms with E-state index < -0.39 is 0 Å². The van der Waals surface area contributed by atoms with Gasteiger partial charge >= 0.3 is 0 Å². The van der Waals surface area contributed by atoms with Gasteiger partial charge in [0, 0.05) is 39.8 Å². The molecule has 12 rings (SSSR count). The SMILES string of the molecule is C1=CC2CCc3ccccc3N(c3ccc4cc(/C=C/c5ccc6c(c5)C5(CCCC5)c5cc(N7c8ccccc8CCc8ccccc87)ccc5-6)ccc4c3)C2C=C1. The molecule has 0 amide bonds. The van der Waals surface area contributed by atoms with E-state index in [0.29, 0.717) is 12.0 Å². The molecule has 5 aliphatic rings. The molecule has 0 aromatic heterocycles. The number of aryl methyl sites for hydroxylation is 3. The van der Waals surface area contributed by atoms with Crippen molar-refractivity contribution in [3.8, 4) is 11.1 Å². The summed E-state index contributed by atoms with van der Waals surface area (Å²) in [6.07, 6.45) is 23.3. The molecule has 2 unspecified atom stereocenters. The fourth-order valence-electron chi connectivity index (χ4n) is 11.5. The number of anilines is 5. The smallest absolute Gasteiger partial charge is 0.0588 e. The van der Waals surface area contributed by atoms with Gasteiger partial charge in [-0.05, 0) is 148 Å². The first-order valence-electron chi connectivity index (χ1n) is 21.9. The molecule has 7 aromatic rings. The van der Waals surface area contributed by atoms with E-state index in [9.17, 15) is 0 Å². The number of allylic oxidation sites excluding steroid dienone is 2. The van der Waals surface area contributed by atoms with E-state index in [1.54, 1.807) is 0 Å². The average molecular weight is 761 g/mol. The van der Waals surface area contributed by atoms with Crippen molar-refractivity contribution < 1.29 is 0 Å². The van der Waals surface area contributed by atoms with Gasteiger partial charge in [-0.15, -0.1) is 0 Å². The highest BCUT2D eigenvalue weighted by Crippen LogP contribution is 2.58. The summed E-state index contributed by atoms with van der Waals surface area (Å²) in [6.45, 7) is 0. The van der Waals surface area contributed by atoms with Crippen LogP contribution < -0.4 is 9.80 Å². The van der Waals surface area contributed by atoms with Crippen molar-refractivity contribution in [1.29, 1.82) is 0 Å². The molecule has 2 heteroatoms. The molecule has 2 heterocycles. The molecule has 0 saturated heterocycles. The van der Waals surface area contributed by atoms with Gasteiger partial charge in [-0.25, -0.2) is 0 Å². The van der Waals surface area contributed by atoms with Gasteiger partial charge in [0.05, 0.1) is 6.04 Å². The lowest BCUT2D eigenvalue weighted by Gasteiger charge is -2.36. The first kappa shape index (κ1) is 34.6. The Hall–Kier alpha value is -6.38. The Kier molecular flexibility index (Phi) is 8.15. The number of benzene rings is 7. The zero-order chi connectivity index (χ0) is 38.9. The zero-order valence-electron chi connectivity index (χ0n) is 33.5. The van der Waals surface area contributed by atoms with Crippen LogP contribution >= 0.6 is 0 Å². The van der Waals surface area contributed by atoms with Crippen LogP contribution in [0.3, 0.4) is 0 Å². The van der Waals surface area contributed by atoms with Crippen molar-refractivity contribution in [2.45, 2.75) is 62.8 Å². The minimum Gasteiger partial charge on any atom is -0.334 e. The normalized spacial score (nSPS) is 19.5. The number of para-hydroxylation sites is 3. The lowest BCUT2D eigenvalue weighted by molar-refractivity contribution is 0.535. The van der Waals surface area contributed by atoms with Crippen LogP contribution in [0.4, 0.5) is 28.4 Å². The molecule has 1 saturated carbocycles. The molecule has 0 N–H and O–H groups in total. The van der Waals surface area contributed by atoms with Crippen LogP contribution in [0, 0.1) is 5.92 Å². The van der Waals surface area contributed by atoms with E-state index in [1.807, 2.05) is 0 Å². The topological polar surface area (TPSA) is 6.48 Å². The van der Waals surface area contributed by atoms with Crippen LogP contribution in [-0.4, -0.2) is 6.04 Å². The fourth-order valence-corrected chi connectivity index (χ4v) is 11.5. The minimum absolute atomic E-state index is 0.0632. The van der Waals surface area contributed by atoms with Gasteiger partial charge in [-0.3, -0.25) is 0 Å². The average Bonchev–Trinajstić information content (AvgIpc) is 3.78. The molecule has 59 heavy (non-hydrogen) atoms. The summed E-state index contributed by atoms with van der Waals surface area (Å²) in [6, 6.07) is 55.9. The molecule has 1 fully saturated rings. The van der Waals surface area contributed by atoms with Crippen LogP contribution in [-0.2, 0) is 24.7 Å². The number of nitrogens with zero attached hydrogens (tertiary/aromatic N) is 2. The molecule has 3 aliphatic carbocycles. The van der Waals surface area contributed by atoms with E-state index in [4.69, 9.17) is 0 Å². The minimum atomic E-state index is 0.0632. The lowest BCUT2D eigenvalue weighted by Crippen LogP contribution is -2.35. The van der Waals surface area contributed by atoms with Crippen LogP contribution in [0.5, 0.6) is 0 Å². The third-order valence-corrected chi connectivity index (χ3v) is 14.3. The molecule has 1 spiro atoms. The second-order valence-electron chi connectivity index (χ2n) is 17.5. The summed E-state index contributed by atoms with van der Waals surface area (Å²) < 4.78 is 0. The largest absolute Gasteiger partial charge is 0.334 e. The van der Waals surface area contributed by atoms with Gasteiger partial charge in [0.25, 0.3) is 0 Å². The Morgan fingerprint density at radius 2 is 1.07 bits per heavy atom. The maximum absolute atomic E-state index is 2.58. The molecular weight excluding hydrogens is 713 g/mol. The zero-order valence-corrected chi connectivity index (χ0v) is 33.5. The second kappa shape index (κ2) is 13.9. The van der Waals surface area contributed by atoms with Crippen LogP contribution in [0.1, 0.15) is 71.0 Å². The van der Waals surface area contributed by atoms with Crippen LogP contribution in [0.15, 0.2) is 170 Å². The number of hydrogen-bond acceptors (Lipinski definition) is 2. The molecule has 0 bridgehead atoms. The van der Waals surface area contributed by atoms with E-state index in [2.05, 4.69) is 192 Å². The summed E-state index contributed by atoms with van der Waals surface area (Å²) >= 11 is 0. The molecule has 286 valence electrons. The highest BCUT2D eigenvalue weighted by atomic mass is 15.2. The van der Waals surface area contributed by atoms with Gasteiger partial charge < -0.3 is 9.80 Å². The van der Waals surface area contributed by atoms with Crippen molar-refractivity contribution in [3.05, 3.63) is 209 Å². The van der Waals surface area contributed by atoms with Gasteiger partial charge in [0.1, 0.15) is 0 Å². The van der Waals surface area contributed by atoms with E-state index in [1.165, 1.54) is 121 Å². The number of rotatable bonds is 4. The van der Waals surface area contributed by atoms with Crippen LogP contribution in [0.2, 0.25) is 0 Å². The Morgan fingerprint density at radius 3 is 1.83 bits per heavy atom. The Balaban J connectivity index is 0.864. The second-order valence-corrected chi connectivity index (χ2v) is 17.5. The van der Waals surface area contributed by atoms with Gasteiger partial charge in [-0.2, -0.15) is 0 Å². The molecule has 0 radical (unpaired) electrons. The highest BCUT2D eigenvalue weighted by molar-refractivity contribution is 5.91. The standard InChI is InChI=1S/C57H48N2/c1-5-15-53-41(11-1)24-25-42-12-2-6-16-54(42)58(53)47-29-28-45-35-39(21-23-46(45)37-47)19-20-40-22-31-49-50-32-30-48(38-52(50)57(51(49)36-40)33-9-10-34-57)59-55-17-7-3-13-43(55)26-27-44-14-4-8-18-56(44)59/h1-8,11-23,28-32,35-38,41,53H,9-10,24-27,33-34H2/b20-19+. The Bertz CT molecular complexity index is 2840. The number of fused-ring (bicyclic) bond motifs is 10. The Labute approximate surface area is 348 Å². The fraction of sp³-hybridized carbons (Fsp3) is 0.193. The predicted octanol–water partition coefficient (Wildman–Crippen LogP) is 14.6. The summed E-state index contributed by atoms with van der Waals surface area (Å²) in [4.78, 5) is 5.12. The molecule has 7 aromatic carbocycles. The molecule has 2 aliphatic heterocycles. The third kappa shape index (κ3) is 5.68. The maximum atomic E-state index is 2.58. The summed E-state index contributed by atoms with van der Waals surface area (Å²) in [7, 11) is 0. The van der Waals surface area contributed by atoms with Gasteiger partial charge in [0.15, 0.2) is 0 Å². The van der Waals surface area contributed by atoms with Crippen molar-refractivity contribution in [2.24, 2.45) is 5.92 Å². The third-order valence-electron chi connectivity index (χ3n) is 14.3. The van der Waals surface area contributed by atoms with Crippen LogP contribution in [0.25, 0.3) is 34.1 Å². The highest BCUT2D eigenvalue weighted by Gasteiger charge is 2.45.